The first-order valence-electron chi connectivity index (χ1n) is 5.56. The van der Waals surface area contributed by atoms with E-state index in [9.17, 15) is 9.90 Å². The quantitative estimate of drug-likeness (QED) is 0.403. The minimum absolute atomic E-state index is 0.174. The van der Waals surface area contributed by atoms with Crippen molar-refractivity contribution in [2.75, 3.05) is 26.8 Å². The number of aliphatic hydroxyl groups excluding tert-OH is 1. The molecular weight excluding hydrogens is 210 g/mol. The number of aliphatic hydroxyl groups is 2. The molecule has 0 aromatic carbocycles. The van der Waals surface area contributed by atoms with Crippen LogP contribution in [0.3, 0.4) is 0 Å². The number of methoxy groups -OCH3 is 1. The molecule has 0 saturated carbocycles. The van der Waals surface area contributed by atoms with E-state index in [2.05, 4.69) is 10.1 Å². The normalized spacial score (nSPS) is 16.6. The topological polar surface area (TPSA) is 78.8 Å². The van der Waals surface area contributed by atoms with Gasteiger partial charge in [0.15, 0.2) is 5.60 Å². The van der Waals surface area contributed by atoms with Gasteiger partial charge in [0.05, 0.1) is 7.11 Å². The van der Waals surface area contributed by atoms with Gasteiger partial charge in [-0.25, -0.2) is 4.79 Å². The van der Waals surface area contributed by atoms with Gasteiger partial charge < -0.3 is 20.3 Å². The second kappa shape index (κ2) is 7.60. The maximum Gasteiger partial charge on any atom is 0.338 e. The smallest absolute Gasteiger partial charge is 0.338 e. The summed E-state index contributed by atoms with van der Waals surface area (Å²) in [5.74, 6) is -0.341. The molecule has 2 atom stereocenters. The first-order valence-corrected chi connectivity index (χ1v) is 5.56. The van der Waals surface area contributed by atoms with Gasteiger partial charge in [-0.1, -0.05) is 6.92 Å². The third-order valence-corrected chi connectivity index (χ3v) is 2.46. The molecule has 2 unspecified atom stereocenters. The zero-order chi connectivity index (χ0) is 12.6. The lowest BCUT2D eigenvalue weighted by Gasteiger charge is -2.20. The van der Waals surface area contributed by atoms with Crippen molar-refractivity contribution < 1.29 is 19.7 Å². The standard InChI is InChI=1S/C11H23NO4/c1-9(7-13)5-4-6-12-8-11(2,15)10(14)16-3/h9,12-13,15H,4-8H2,1-3H3. The monoisotopic (exact) mass is 233 g/mol. The highest BCUT2D eigenvalue weighted by atomic mass is 16.5. The van der Waals surface area contributed by atoms with Crippen molar-refractivity contribution >= 4 is 5.97 Å². The minimum atomic E-state index is -1.47. The maximum atomic E-state index is 11.1. The van der Waals surface area contributed by atoms with Crippen LogP contribution in [0, 0.1) is 5.92 Å². The van der Waals surface area contributed by atoms with E-state index in [4.69, 9.17) is 5.11 Å². The van der Waals surface area contributed by atoms with Crippen LogP contribution in [0.25, 0.3) is 0 Å². The van der Waals surface area contributed by atoms with Crippen LogP contribution < -0.4 is 5.32 Å². The Labute approximate surface area is 96.8 Å². The summed E-state index contributed by atoms with van der Waals surface area (Å²) in [6.07, 6.45) is 1.82. The van der Waals surface area contributed by atoms with Crippen molar-refractivity contribution in [1.82, 2.24) is 5.32 Å². The van der Waals surface area contributed by atoms with Gasteiger partial charge in [-0.05, 0) is 32.2 Å². The lowest BCUT2D eigenvalue weighted by atomic mass is 10.1. The molecule has 5 nitrogen and oxygen atoms in total. The van der Waals surface area contributed by atoms with Gasteiger partial charge in [0.2, 0.25) is 0 Å². The van der Waals surface area contributed by atoms with Gasteiger partial charge in [0.1, 0.15) is 0 Å². The van der Waals surface area contributed by atoms with Gasteiger partial charge in [-0.15, -0.1) is 0 Å². The molecule has 0 radical (unpaired) electrons. The average Bonchev–Trinajstić information content (AvgIpc) is 2.26. The maximum absolute atomic E-state index is 11.1. The van der Waals surface area contributed by atoms with Crippen molar-refractivity contribution in [2.24, 2.45) is 5.92 Å². The molecule has 16 heavy (non-hydrogen) atoms. The first-order chi connectivity index (χ1) is 7.44. The number of ether oxygens (including phenoxy) is 1. The zero-order valence-corrected chi connectivity index (χ0v) is 10.3. The van der Waals surface area contributed by atoms with Crippen LogP contribution in [-0.4, -0.2) is 48.6 Å². The largest absolute Gasteiger partial charge is 0.467 e. The predicted octanol–water partition coefficient (Wildman–Crippen LogP) is -0.0914. The molecule has 0 aliphatic heterocycles. The molecule has 3 N–H and O–H groups in total. The summed E-state index contributed by atoms with van der Waals surface area (Å²) >= 11 is 0. The molecule has 0 heterocycles. The van der Waals surface area contributed by atoms with Crippen LogP contribution >= 0.6 is 0 Å². The summed E-state index contributed by atoms with van der Waals surface area (Å²) < 4.78 is 4.47. The number of carbonyl (C=O) groups is 1. The van der Waals surface area contributed by atoms with Crippen molar-refractivity contribution in [2.45, 2.75) is 32.3 Å². The molecule has 0 aliphatic rings. The number of carbonyl (C=O) groups excluding carboxylic acids is 1. The van der Waals surface area contributed by atoms with E-state index in [1.165, 1.54) is 14.0 Å². The fourth-order valence-electron chi connectivity index (χ4n) is 1.29. The van der Waals surface area contributed by atoms with Gasteiger partial charge in [-0.2, -0.15) is 0 Å². The van der Waals surface area contributed by atoms with E-state index in [1.807, 2.05) is 6.92 Å². The molecule has 0 amide bonds. The third-order valence-electron chi connectivity index (χ3n) is 2.46. The van der Waals surface area contributed by atoms with Gasteiger partial charge in [-0.3, -0.25) is 0 Å². The highest BCUT2D eigenvalue weighted by Gasteiger charge is 2.30. The van der Waals surface area contributed by atoms with Crippen LogP contribution in [0.2, 0.25) is 0 Å². The van der Waals surface area contributed by atoms with E-state index < -0.39 is 11.6 Å². The number of rotatable bonds is 8. The van der Waals surface area contributed by atoms with Crippen LogP contribution in [0.5, 0.6) is 0 Å². The molecule has 96 valence electrons. The summed E-state index contributed by atoms with van der Waals surface area (Å²) in [7, 11) is 1.25. The number of esters is 1. The summed E-state index contributed by atoms with van der Waals surface area (Å²) in [5.41, 5.74) is -1.47. The van der Waals surface area contributed by atoms with Gasteiger partial charge >= 0.3 is 5.97 Å². The highest BCUT2D eigenvalue weighted by Crippen LogP contribution is 2.05. The Hall–Kier alpha value is -0.650. The Morgan fingerprint density at radius 3 is 2.69 bits per heavy atom. The van der Waals surface area contributed by atoms with Crippen LogP contribution in [0.15, 0.2) is 0 Å². The third kappa shape index (κ3) is 6.05. The Morgan fingerprint density at radius 2 is 2.19 bits per heavy atom. The second-order valence-electron chi connectivity index (χ2n) is 4.37. The van der Waals surface area contributed by atoms with Crippen LogP contribution in [-0.2, 0) is 9.53 Å². The van der Waals surface area contributed by atoms with E-state index in [1.54, 1.807) is 0 Å². The van der Waals surface area contributed by atoms with Crippen molar-refractivity contribution in [3.05, 3.63) is 0 Å². The lowest BCUT2D eigenvalue weighted by Crippen LogP contribution is -2.45. The molecule has 0 aromatic rings. The second-order valence-corrected chi connectivity index (χ2v) is 4.37. The fourth-order valence-corrected chi connectivity index (χ4v) is 1.29. The van der Waals surface area contributed by atoms with E-state index >= 15 is 0 Å². The van der Waals surface area contributed by atoms with Crippen molar-refractivity contribution in [3.8, 4) is 0 Å². The molecule has 5 heteroatoms. The molecule has 0 fully saturated rings. The van der Waals surface area contributed by atoms with Crippen LogP contribution in [0.4, 0.5) is 0 Å². The fraction of sp³-hybridized carbons (Fsp3) is 0.909. The van der Waals surface area contributed by atoms with Crippen molar-refractivity contribution in [1.29, 1.82) is 0 Å². The summed E-state index contributed by atoms with van der Waals surface area (Å²) in [5, 5.41) is 21.5. The first kappa shape index (κ1) is 15.3. The molecule has 0 spiro atoms. The summed E-state index contributed by atoms with van der Waals surface area (Å²) in [6.45, 7) is 4.47. The number of nitrogens with one attached hydrogen (secondary N) is 1. The van der Waals surface area contributed by atoms with Gasteiger partial charge in [0.25, 0.3) is 0 Å². The highest BCUT2D eigenvalue weighted by molar-refractivity contribution is 5.78. The Morgan fingerprint density at radius 1 is 1.56 bits per heavy atom. The zero-order valence-electron chi connectivity index (χ0n) is 10.3. The van der Waals surface area contributed by atoms with Crippen LogP contribution in [0.1, 0.15) is 26.7 Å². The molecule has 0 bridgehead atoms. The van der Waals surface area contributed by atoms with E-state index in [0.717, 1.165) is 12.8 Å². The molecule has 0 rings (SSSR count). The Bertz CT molecular complexity index is 206. The average molecular weight is 233 g/mol. The molecule has 0 saturated heterocycles. The summed E-state index contributed by atoms with van der Waals surface area (Å²) in [6, 6.07) is 0. The Balaban J connectivity index is 3.62. The SMILES string of the molecule is COC(=O)C(C)(O)CNCCCC(C)CO. The summed E-state index contributed by atoms with van der Waals surface area (Å²) in [4.78, 5) is 11.1. The van der Waals surface area contributed by atoms with Gasteiger partial charge in [0, 0.05) is 13.2 Å². The molecule has 0 aromatic heterocycles. The minimum Gasteiger partial charge on any atom is -0.467 e. The molecular formula is C11H23NO4. The van der Waals surface area contributed by atoms with E-state index in [0.29, 0.717) is 12.5 Å². The lowest BCUT2D eigenvalue weighted by molar-refractivity contribution is -0.159. The predicted molar refractivity (Wildman–Crippen MR) is 61.0 cm³/mol. The molecule has 0 aliphatic carbocycles. The number of hydrogen-bond acceptors (Lipinski definition) is 5. The van der Waals surface area contributed by atoms with E-state index in [-0.39, 0.29) is 13.2 Å². The number of hydrogen-bond donors (Lipinski definition) is 3. The Kier molecular flexibility index (Phi) is 7.29. The van der Waals surface area contributed by atoms with Crippen molar-refractivity contribution in [3.63, 3.8) is 0 Å².